The highest BCUT2D eigenvalue weighted by molar-refractivity contribution is 5.82. The number of benzene rings is 2. The van der Waals surface area contributed by atoms with Crippen LogP contribution in [0.15, 0.2) is 51.7 Å². The fourth-order valence-corrected chi connectivity index (χ4v) is 3.35. The molecule has 0 unspecified atom stereocenters. The maximum absolute atomic E-state index is 12.4. The fraction of sp³-hybridized carbons (Fsp3) is 0.286. The SMILES string of the molecule is O=c1c(O)c(-c2ccc(O[C@@H]3O[C@H](CO)[C@@H](O)[C@H](O)[C@H]3O)cc2)oc2cc(O)ccc12. The Morgan fingerprint density at radius 2 is 1.65 bits per heavy atom. The zero-order valence-electron chi connectivity index (χ0n) is 16.0. The van der Waals surface area contributed by atoms with Gasteiger partial charge < -0.3 is 44.5 Å². The van der Waals surface area contributed by atoms with E-state index < -0.39 is 48.5 Å². The summed E-state index contributed by atoms with van der Waals surface area (Å²) in [5.74, 6) is -0.604. The molecule has 0 bridgehead atoms. The standard InChI is InChI=1S/C21H20O10/c22-8-14-16(25)17(26)19(28)21(31-14)29-11-4-1-9(2-5-11)20-18(27)15(24)12-6-3-10(23)7-13(12)30-20/h1-7,14,16-17,19,21-23,25-28H,8H2/t14-,16-,17+,19-,21-/m1/s1. The van der Waals surface area contributed by atoms with E-state index in [1.54, 1.807) is 0 Å². The van der Waals surface area contributed by atoms with Gasteiger partial charge in [0.25, 0.3) is 0 Å². The molecule has 3 aromatic rings. The molecule has 0 radical (unpaired) electrons. The molecule has 1 aliphatic heterocycles. The van der Waals surface area contributed by atoms with Crippen LogP contribution in [0.4, 0.5) is 0 Å². The Hall–Kier alpha value is -3.15. The average molecular weight is 432 g/mol. The summed E-state index contributed by atoms with van der Waals surface area (Å²) in [6, 6.07) is 9.76. The Labute approximate surface area is 174 Å². The van der Waals surface area contributed by atoms with Crippen LogP contribution in [-0.4, -0.2) is 68.0 Å². The molecule has 6 N–H and O–H groups in total. The maximum atomic E-state index is 12.4. The number of aliphatic hydroxyl groups excluding tert-OH is 4. The van der Waals surface area contributed by atoms with Crippen LogP contribution in [0.25, 0.3) is 22.3 Å². The number of hydrogen-bond acceptors (Lipinski definition) is 10. The molecule has 0 saturated carbocycles. The van der Waals surface area contributed by atoms with Gasteiger partial charge >= 0.3 is 0 Å². The van der Waals surface area contributed by atoms with Gasteiger partial charge in [-0.2, -0.15) is 0 Å². The molecule has 10 heteroatoms. The molecule has 4 rings (SSSR count). The monoisotopic (exact) mass is 432 g/mol. The van der Waals surface area contributed by atoms with Crippen molar-refractivity contribution in [3.8, 4) is 28.6 Å². The van der Waals surface area contributed by atoms with Crippen molar-refractivity contribution < 1.29 is 44.5 Å². The Bertz CT molecular complexity index is 1140. The van der Waals surface area contributed by atoms with E-state index in [1.165, 1.54) is 42.5 Å². The quantitative estimate of drug-likeness (QED) is 0.331. The van der Waals surface area contributed by atoms with Gasteiger partial charge in [-0.05, 0) is 36.4 Å². The van der Waals surface area contributed by atoms with E-state index in [-0.39, 0.29) is 28.2 Å². The van der Waals surface area contributed by atoms with E-state index in [4.69, 9.17) is 13.9 Å². The number of hydrogen-bond donors (Lipinski definition) is 6. The molecule has 31 heavy (non-hydrogen) atoms. The molecule has 1 saturated heterocycles. The molecule has 10 nitrogen and oxygen atoms in total. The second kappa shape index (κ2) is 8.17. The number of fused-ring (bicyclic) bond motifs is 1. The highest BCUT2D eigenvalue weighted by Gasteiger charge is 2.44. The molecule has 1 aromatic heterocycles. The Morgan fingerprint density at radius 1 is 0.935 bits per heavy atom. The van der Waals surface area contributed by atoms with E-state index in [2.05, 4.69) is 0 Å². The largest absolute Gasteiger partial charge is 0.508 e. The third-order valence-corrected chi connectivity index (χ3v) is 5.07. The van der Waals surface area contributed by atoms with Crippen molar-refractivity contribution in [1.29, 1.82) is 0 Å². The number of phenols is 1. The van der Waals surface area contributed by atoms with Crippen LogP contribution in [-0.2, 0) is 4.74 Å². The van der Waals surface area contributed by atoms with E-state index >= 15 is 0 Å². The average Bonchev–Trinajstić information content (AvgIpc) is 2.77. The Morgan fingerprint density at radius 3 is 2.32 bits per heavy atom. The van der Waals surface area contributed by atoms with Gasteiger partial charge in [0, 0.05) is 11.6 Å². The van der Waals surface area contributed by atoms with Gasteiger partial charge in [0.1, 0.15) is 41.5 Å². The first-order valence-corrected chi connectivity index (χ1v) is 9.36. The number of aromatic hydroxyl groups is 2. The van der Waals surface area contributed by atoms with Gasteiger partial charge in [-0.15, -0.1) is 0 Å². The van der Waals surface area contributed by atoms with E-state index in [0.29, 0.717) is 5.56 Å². The van der Waals surface area contributed by atoms with Gasteiger partial charge in [-0.3, -0.25) is 4.79 Å². The predicted octanol–water partition coefficient (Wildman–Crippen LogP) is 0.0499. The lowest BCUT2D eigenvalue weighted by Crippen LogP contribution is -2.60. The minimum atomic E-state index is -1.57. The van der Waals surface area contributed by atoms with Gasteiger partial charge in [-0.25, -0.2) is 0 Å². The second-order valence-electron chi connectivity index (χ2n) is 7.13. The normalized spacial score (nSPS) is 26.1. The van der Waals surface area contributed by atoms with E-state index in [1.807, 2.05) is 0 Å². The van der Waals surface area contributed by atoms with Crippen molar-refractivity contribution in [2.45, 2.75) is 30.7 Å². The number of aliphatic hydroxyl groups is 4. The summed E-state index contributed by atoms with van der Waals surface area (Å²) in [4.78, 5) is 12.4. The molecule has 5 atom stereocenters. The summed E-state index contributed by atoms with van der Waals surface area (Å²) in [6.45, 7) is -0.584. The number of phenolic OH excluding ortho intramolecular Hbond substituents is 1. The first kappa shape index (κ1) is 21.1. The summed E-state index contributed by atoms with van der Waals surface area (Å²) in [6.07, 6.45) is -7.09. The molecule has 164 valence electrons. The first-order valence-electron chi connectivity index (χ1n) is 9.36. The van der Waals surface area contributed by atoms with Crippen molar-refractivity contribution >= 4 is 11.0 Å². The summed E-state index contributed by atoms with van der Waals surface area (Å²) in [5, 5.41) is 59.0. The van der Waals surface area contributed by atoms with Crippen LogP contribution in [0, 0.1) is 0 Å². The molecule has 0 amide bonds. The van der Waals surface area contributed by atoms with Crippen LogP contribution < -0.4 is 10.2 Å². The topological polar surface area (TPSA) is 170 Å². The van der Waals surface area contributed by atoms with Gasteiger partial charge in [0.2, 0.25) is 17.5 Å². The second-order valence-corrected chi connectivity index (χ2v) is 7.13. The highest BCUT2D eigenvalue weighted by Crippen LogP contribution is 2.33. The minimum absolute atomic E-state index is 0.0967. The van der Waals surface area contributed by atoms with Crippen LogP contribution in [0.1, 0.15) is 0 Å². The first-order chi connectivity index (χ1) is 14.8. The Kier molecular flexibility index (Phi) is 5.56. The molecule has 2 heterocycles. The van der Waals surface area contributed by atoms with Gasteiger partial charge in [0.15, 0.2) is 5.76 Å². The molecule has 0 spiro atoms. The number of ether oxygens (including phenoxy) is 2. The smallest absolute Gasteiger partial charge is 0.235 e. The maximum Gasteiger partial charge on any atom is 0.235 e. The van der Waals surface area contributed by atoms with Crippen LogP contribution in [0.3, 0.4) is 0 Å². The van der Waals surface area contributed by atoms with Crippen molar-refractivity contribution in [3.05, 3.63) is 52.7 Å². The lowest BCUT2D eigenvalue weighted by atomic mass is 9.99. The molecule has 1 fully saturated rings. The van der Waals surface area contributed by atoms with Crippen LogP contribution >= 0.6 is 0 Å². The van der Waals surface area contributed by atoms with Crippen molar-refractivity contribution in [2.24, 2.45) is 0 Å². The predicted molar refractivity (Wildman–Crippen MR) is 106 cm³/mol. The zero-order chi connectivity index (χ0) is 22.3. The molecular weight excluding hydrogens is 412 g/mol. The lowest BCUT2D eigenvalue weighted by Gasteiger charge is -2.39. The molecular formula is C21H20O10. The van der Waals surface area contributed by atoms with Gasteiger partial charge in [-0.1, -0.05) is 0 Å². The van der Waals surface area contributed by atoms with E-state index in [9.17, 15) is 35.4 Å². The number of rotatable bonds is 4. The molecule has 1 aliphatic rings. The van der Waals surface area contributed by atoms with Crippen molar-refractivity contribution in [1.82, 2.24) is 0 Å². The van der Waals surface area contributed by atoms with E-state index in [0.717, 1.165) is 0 Å². The summed E-state index contributed by atoms with van der Waals surface area (Å²) < 4.78 is 16.4. The summed E-state index contributed by atoms with van der Waals surface area (Å²) in [5.41, 5.74) is -0.224. The van der Waals surface area contributed by atoms with Crippen LogP contribution in [0.2, 0.25) is 0 Å². The van der Waals surface area contributed by atoms with Gasteiger partial charge in [0.05, 0.1) is 12.0 Å². The van der Waals surface area contributed by atoms with Crippen molar-refractivity contribution in [2.75, 3.05) is 6.61 Å². The fourth-order valence-electron chi connectivity index (χ4n) is 3.35. The molecule has 0 aliphatic carbocycles. The highest BCUT2D eigenvalue weighted by atomic mass is 16.7. The summed E-state index contributed by atoms with van der Waals surface area (Å²) in [7, 11) is 0. The minimum Gasteiger partial charge on any atom is -0.508 e. The van der Waals surface area contributed by atoms with Crippen molar-refractivity contribution in [3.63, 3.8) is 0 Å². The third-order valence-electron chi connectivity index (χ3n) is 5.07. The van der Waals surface area contributed by atoms with Crippen LogP contribution in [0.5, 0.6) is 17.2 Å². The molecule has 2 aromatic carbocycles. The zero-order valence-corrected chi connectivity index (χ0v) is 16.0. The lowest BCUT2D eigenvalue weighted by molar-refractivity contribution is -0.277. The summed E-state index contributed by atoms with van der Waals surface area (Å²) >= 11 is 0. The Balaban J connectivity index is 1.60. The third kappa shape index (κ3) is 3.82.